The fraction of sp³-hybridized carbons (Fsp3) is 0.600. The van der Waals surface area contributed by atoms with Crippen LogP contribution in [0.2, 0.25) is 0 Å². The summed E-state index contributed by atoms with van der Waals surface area (Å²) in [7, 11) is 0. The molecule has 0 rings (SSSR count). The van der Waals surface area contributed by atoms with Crippen LogP contribution in [0.3, 0.4) is 0 Å². The molecule has 17 heavy (non-hydrogen) atoms. The Balaban J connectivity index is 4.16. The van der Waals surface area contributed by atoms with Crippen LogP contribution in [-0.2, 0) is 4.74 Å². The number of allylic oxidation sites excluding steroid dienone is 2. The van der Waals surface area contributed by atoms with Gasteiger partial charge < -0.3 is 4.74 Å². The zero-order chi connectivity index (χ0) is 12.9. The monoisotopic (exact) mass is 236 g/mol. The molecule has 0 bridgehead atoms. The summed E-state index contributed by atoms with van der Waals surface area (Å²) >= 11 is 0. The molecule has 0 spiro atoms. The minimum absolute atomic E-state index is 0.267. The lowest BCUT2D eigenvalue weighted by Crippen LogP contribution is -2.16. The molecular formula is C10H16N6O. The van der Waals surface area contributed by atoms with Gasteiger partial charge >= 0.3 is 0 Å². The molecule has 7 nitrogen and oxygen atoms in total. The summed E-state index contributed by atoms with van der Waals surface area (Å²) in [5.74, 6) is 0. The molecule has 0 aliphatic carbocycles. The summed E-state index contributed by atoms with van der Waals surface area (Å²) in [6, 6.07) is -0.662. The minimum Gasteiger partial charge on any atom is -0.380 e. The highest BCUT2D eigenvalue weighted by Gasteiger charge is 2.05. The first kappa shape index (κ1) is 15.1. The van der Waals surface area contributed by atoms with E-state index in [-0.39, 0.29) is 25.3 Å². The molecule has 2 unspecified atom stereocenters. The molecule has 0 fully saturated rings. The highest BCUT2D eigenvalue weighted by molar-refractivity contribution is 4.93. The molecule has 0 N–H and O–H groups in total. The molecule has 0 amide bonds. The van der Waals surface area contributed by atoms with Gasteiger partial charge in [0.1, 0.15) is 0 Å². The Kier molecular flexibility index (Phi) is 9.37. The van der Waals surface area contributed by atoms with Crippen LogP contribution in [0, 0.1) is 0 Å². The maximum atomic E-state index is 8.33. The van der Waals surface area contributed by atoms with E-state index in [0.29, 0.717) is 0 Å². The first-order valence-electron chi connectivity index (χ1n) is 5.20. The van der Waals surface area contributed by atoms with E-state index >= 15 is 0 Å². The van der Waals surface area contributed by atoms with Crippen LogP contribution in [0.1, 0.15) is 13.8 Å². The number of nitrogens with zero attached hydrogens (tertiary/aromatic N) is 6. The molecule has 2 atom stereocenters. The topological polar surface area (TPSA) is 107 Å². The number of azide groups is 2. The Morgan fingerprint density at radius 2 is 1.41 bits per heavy atom. The lowest BCUT2D eigenvalue weighted by Gasteiger charge is -2.10. The number of rotatable bonds is 8. The van der Waals surface area contributed by atoms with E-state index in [0.717, 1.165) is 0 Å². The molecule has 92 valence electrons. The molecule has 0 aliphatic rings. The van der Waals surface area contributed by atoms with E-state index in [9.17, 15) is 0 Å². The average molecular weight is 236 g/mol. The van der Waals surface area contributed by atoms with Crippen LogP contribution in [0.4, 0.5) is 0 Å². The predicted octanol–water partition coefficient (Wildman–Crippen LogP) is 3.51. The normalized spacial score (nSPS) is 14.2. The van der Waals surface area contributed by atoms with Gasteiger partial charge in [-0.15, -0.1) is 0 Å². The second-order valence-electron chi connectivity index (χ2n) is 3.13. The Morgan fingerprint density at radius 1 is 1.00 bits per heavy atom. The van der Waals surface area contributed by atoms with Crippen molar-refractivity contribution in [3.63, 3.8) is 0 Å². The van der Waals surface area contributed by atoms with Crippen molar-refractivity contribution in [3.05, 3.63) is 45.2 Å². The molecule has 0 heterocycles. The Labute approximate surface area is 100 Å². The van der Waals surface area contributed by atoms with Gasteiger partial charge in [-0.25, -0.2) is 0 Å². The molecule has 0 aromatic carbocycles. The van der Waals surface area contributed by atoms with Gasteiger partial charge in [0.15, 0.2) is 0 Å². The largest absolute Gasteiger partial charge is 0.380 e. The van der Waals surface area contributed by atoms with E-state index in [2.05, 4.69) is 20.1 Å². The molecule has 0 aliphatic heterocycles. The van der Waals surface area contributed by atoms with Crippen molar-refractivity contribution in [3.8, 4) is 0 Å². The van der Waals surface area contributed by atoms with Crippen LogP contribution in [-0.4, -0.2) is 25.3 Å². The minimum atomic E-state index is -0.331. The number of hydrogen-bond donors (Lipinski definition) is 0. The Bertz CT molecular complexity index is 318. The third kappa shape index (κ3) is 7.93. The van der Waals surface area contributed by atoms with E-state index < -0.39 is 0 Å². The zero-order valence-corrected chi connectivity index (χ0v) is 9.97. The van der Waals surface area contributed by atoms with E-state index in [1.807, 2.05) is 13.8 Å². The smallest absolute Gasteiger partial charge is 0.0789 e. The van der Waals surface area contributed by atoms with Crippen molar-refractivity contribution in [2.75, 3.05) is 13.2 Å². The zero-order valence-electron chi connectivity index (χ0n) is 9.97. The van der Waals surface area contributed by atoms with Gasteiger partial charge in [-0.05, 0) is 24.9 Å². The summed E-state index contributed by atoms with van der Waals surface area (Å²) in [4.78, 5) is 5.45. The van der Waals surface area contributed by atoms with Gasteiger partial charge in [0.2, 0.25) is 0 Å². The standard InChI is InChI=1S/C10H16N6O/c1-3-5-9(13-15-11)7-17-8-10(6-4-2)14-16-12/h3-6,9-10H,7-8H2,1-2H3. The molecule has 7 heteroatoms. The van der Waals surface area contributed by atoms with E-state index in [1.165, 1.54) is 0 Å². The number of hydrogen-bond acceptors (Lipinski definition) is 3. The van der Waals surface area contributed by atoms with Crippen molar-refractivity contribution >= 4 is 0 Å². The third-order valence-corrected chi connectivity index (χ3v) is 1.81. The molecule has 0 radical (unpaired) electrons. The van der Waals surface area contributed by atoms with Crippen LogP contribution >= 0.6 is 0 Å². The van der Waals surface area contributed by atoms with E-state index in [4.69, 9.17) is 15.8 Å². The average Bonchev–Trinajstić information content (AvgIpc) is 2.30. The van der Waals surface area contributed by atoms with Gasteiger partial charge in [-0.3, -0.25) is 0 Å². The first-order chi connectivity index (χ1) is 8.28. The summed E-state index contributed by atoms with van der Waals surface area (Å²) in [6.45, 7) is 4.21. The predicted molar refractivity (Wildman–Crippen MR) is 66.3 cm³/mol. The van der Waals surface area contributed by atoms with Crippen molar-refractivity contribution in [1.29, 1.82) is 0 Å². The molecule has 0 saturated carbocycles. The van der Waals surface area contributed by atoms with Crippen LogP contribution in [0.25, 0.3) is 20.9 Å². The van der Waals surface area contributed by atoms with Crippen molar-refractivity contribution < 1.29 is 4.74 Å². The van der Waals surface area contributed by atoms with Gasteiger partial charge in [-0.1, -0.05) is 34.5 Å². The summed E-state index contributed by atoms with van der Waals surface area (Å²) in [5, 5.41) is 7.10. The highest BCUT2D eigenvalue weighted by Crippen LogP contribution is 2.00. The van der Waals surface area contributed by atoms with E-state index in [1.54, 1.807) is 24.3 Å². The fourth-order valence-electron chi connectivity index (χ4n) is 1.14. The van der Waals surface area contributed by atoms with Gasteiger partial charge in [0, 0.05) is 9.82 Å². The maximum absolute atomic E-state index is 8.33. The van der Waals surface area contributed by atoms with Crippen molar-refractivity contribution in [1.82, 2.24) is 0 Å². The third-order valence-electron chi connectivity index (χ3n) is 1.81. The fourth-order valence-corrected chi connectivity index (χ4v) is 1.14. The number of ether oxygens (including phenoxy) is 1. The summed E-state index contributed by atoms with van der Waals surface area (Å²) < 4.78 is 5.34. The van der Waals surface area contributed by atoms with Crippen LogP contribution in [0.5, 0.6) is 0 Å². The Hall–Kier alpha value is -1.94. The quantitative estimate of drug-likeness (QED) is 0.273. The summed E-state index contributed by atoms with van der Waals surface area (Å²) in [6.07, 6.45) is 7.08. The van der Waals surface area contributed by atoms with Gasteiger partial charge in [0.25, 0.3) is 0 Å². The van der Waals surface area contributed by atoms with Crippen molar-refractivity contribution in [2.24, 2.45) is 10.2 Å². The molecular weight excluding hydrogens is 220 g/mol. The van der Waals surface area contributed by atoms with Crippen LogP contribution < -0.4 is 0 Å². The van der Waals surface area contributed by atoms with Crippen molar-refractivity contribution in [2.45, 2.75) is 25.9 Å². The first-order valence-corrected chi connectivity index (χ1v) is 5.20. The molecule has 0 aromatic heterocycles. The lowest BCUT2D eigenvalue weighted by atomic mass is 10.3. The van der Waals surface area contributed by atoms with Gasteiger partial charge in [-0.2, -0.15) is 0 Å². The SMILES string of the molecule is CC=CC(COCC(C=CC)N=[N+]=[N-])N=[N+]=[N-]. The van der Waals surface area contributed by atoms with Crippen LogP contribution in [0.15, 0.2) is 34.5 Å². The highest BCUT2D eigenvalue weighted by atomic mass is 16.5. The second kappa shape index (κ2) is 10.6. The summed E-state index contributed by atoms with van der Waals surface area (Å²) in [5.41, 5.74) is 16.7. The molecule has 0 saturated heterocycles. The van der Waals surface area contributed by atoms with Gasteiger partial charge in [0.05, 0.1) is 25.3 Å². The second-order valence-corrected chi connectivity index (χ2v) is 3.13. The Morgan fingerprint density at radius 3 is 1.71 bits per heavy atom. The molecule has 0 aromatic rings. The lowest BCUT2D eigenvalue weighted by molar-refractivity contribution is 0.125. The maximum Gasteiger partial charge on any atom is 0.0789 e.